The van der Waals surface area contributed by atoms with E-state index >= 15 is 0 Å². The average molecular weight is 409 g/mol. The smallest absolute Gasteiger partial charge is 0.246 e. The van der Waals surface area contributed by atoms with E-state index in [0.717, 1.165) is 11.3 Å². The van der Waals surface area contributed by atoms with Gasteiger partial charge in [0.1, 0.15) is 5.82 Å². The Morgan fingerprint density at radius 1 is 1.10 bits per heavy atom. The topological polar surface area (TPSA) is 53.5 Å². The Balaban J connectivity index is 1.68. The van der Waals surface area contributed by atoms with E-state index in [0.29, 0.717) is 17.4 Å². The zero-order valence-corrected chi connectivity index (χ0v) is 16.9. The van der Waals surface area contributed by atoms with Gasteiger partial charge in [0.2, 0.25) is 11.8 Å². The van der Waals surface area contributed by atoms with E-state index in [-0.39, 0.29) is 17.6 Å². The Kier molecular flexibility index (Phi) is 6.51. The quantitative estimate of drug-likeness (QED) is 0.558. The van der Waals surface area contributed by atoms with Crippen LogP contribution in [-0.4, -0.2) is 28.7 Å². The highest BCUT2D eigenvalue weighted by Gasteiger charge is 2.17. The van der Waals surface area contributed by atoms with Crippen LogP contribution in [0.25, 0.3) is 6.08 Å². The summed E-state index contributed by atoms with van der Waals surface area (Å²) in [5, 5.41) is 2.33. The Morgan fingerprint density at radius 3 is 2.45 bits per heavy atom. The zero-order valence-electron chi connectivity index (χ0n) is 16.1. The van der Waals surface area contributed by atoms with E-state index in [9.17, 15) is 14.0 Å². The lowest BCUT2D eigenvalue weighted by Gasteiger charge is -2.17. The number of thiazole rings is 1. The third kappa shape index (κ3) is 5.36. The van der Waals surface area contributed by atoms with Gasteiger partial charge in [-0.15, -0.1) is 11.3 Å². The standard InChI is InChI=1S/C22H20FN3O2S/c1-16(27)26(20-6-4-3-5-7-20)22-24-19(15-29-22)12-13-21(28)25(2)14-17-8-10-18(23)11-9-17/h3-13,15H,14H2,1-2H3/b13-12+. The van der Waals surface area contributed by atoms with E-state index in [1.165, 1.54) is 46.3 Å². The summed E-state index contributed by atoms with van der Waals surface area (Å²) in [6.45, 7) is 1.86. The van der Waals surface area contributed by atoms with Gasteiger partial charge in [0.15, 0.2) is 5.13 Å². The minimum atomic E-state index is -0.308. The molecule has 7 heteroatoms. The van der Waals surface area contributed by atoms with Crippen LogP contribution in [-0.2, 0) is 16.1 Å². The molecule has 1 heterocycles. The largest absolute Gasteiger partial charge is 0.338 e. The third-order valence-electron chi connectivity index (χ3n) is 4.14. The molecule has 0 bridgehead atoms. The van der Waals surface area contributed by atoms with Crippen LogP contribution >= 0.6 is 11.3 Å². The maximum atomic E-state index is 13.0. The predicted molar refractivity (Wildman–Crippen MR) is 113 cm³/mol. The molecule has 0 unspecified atom stereocenters. The number of rotatable bonds is 6. The Bertz CT molecular complexity index is 1020. The number of carbonyl (C=O) groups is 2. The first-order valence-electron chi connectivity index (χ1n) is 8.93. The molecule has 0 radical (unpaired) electrons. The minimum Gasteiger partial charge on any atom is -0.338 e. The summed E-state index contributed by atoms with van der Waals surface area (Å²) in [7, 11) is 1.68. The summed E-state index contributed by atoms with van der Waals surface area (Å²) >= 11 is 1.33. The number of halogens is 1. The molecule has 29 heavy (non-hydrogen) atoms. The fourth-order valence-corrected chi connectivity index (χ4v) is 3.54. The fourth-order valence-electron chi connectivity index (χ4n) is 2.68. The predicted octanol–water partition coefficient (Wildman–Crippen LogP) is 4.64. The van der Waals surface area contributed by atoms with Gasteiger partial charge in [-0.3, -0.25) is 14.5 Å². The van der Waals surface area contributed by atoms with E-state index in [1.807, 2.05) is 30.3 Å². The van der Waals surface area contributed by atoms with Crippen LogP contribution in [0.5, 0.6) is 0 Å². The molecule has 0 atom stereocenters. The second kappa shape index (κ2) is 9.25. The van der Waals surface area contributed by atoms with Gasteiger partial charge >= 0.3 is 0 Å². The average Bonchev–Trinajstić information content (AvgIpc) is 3.17. The molecule has 5 nitrogen and oxygen atoms in total. The number of nitrogens with zero attached hydrogens (tertiary/aromatic N) is 3. The first kappa shape index (κ1) is 20.4. The monoisotopic (exact) mass is 409 g/mol. The van der Waals surface area contributed by atoms with Crippen LogP contribution in [0.4, 0.5) is 15.2 Å². The van der Waals surface area contributed by atoms with Crippen LogP contribution in [0.15, 0.2) is 66.1 Å². The summed E-state index contributed by atoms with van der Waals surface area (Å²) in [5.74, 6) is -0.649. The van der Waals surface area contributed by atoms with Crippen molar-refractivity contribution in [1.82, 2.24) is 9.88 Å². The molecule has 0 fully saturated rings. The first-order valence-corrected chi connectivity index (χ1v) is 9.81. The molecular weight excluding hydrogens is 389 g/mol. The number of anilines is 2. The van der Waals surface area contributed by atoms with Gasteiger partial charge in [-0.25, -0.2) is 9.37 Å². The highest BCUT2D eigenvalue weighted by molar-refractivity contribution is 7.14. The maximum Gasteiger partial charge on any atom is 0.246 e. The number of amides is 2. The second-order valence-electron chi connectivity index (χ2n) is 6.40. The number of hydrogen-bond donors (Lipinski definition) is 0. The molecule has 0 aliphatic heterocycles. The summed E-state index contributed by atoms with van der Waals surface area (Å²) in [6, 6.07) is 15.3. The van der Waals surface area contributed by atoms with Gasteiger partial charge < -0.3 is 4.90 Å². The fraction of sp³-hybridized carbons (Fsp3) is 0.136. The summed E-state index contributed by atoms with van der Waals surface area (Å²) in [6.07, 6.45) is 3.05. The summed E-state index contributed by atoms with van der Waals surface area (Å²) in [5.41, 5.74) is 2.17. The zero-order chi connectivity index (χ0) is 20.8. The first-order chi connectivity index (χ1) is 13.9. The molecule has 1 aromatic heterocycles. The van der Waals surface area contributed by atoms with Crippen molar-refractivity contribution in [3.05, 3.63) is 83.1 Å². The van der Waals surface area contributed by atoms with Crippen molar-refractivity contribution in [3.8, 4) is 0 Å². The molecule has 3 rings (SSSR count). The number of para-hydroxylation sites is 1. The van der Waals surface area contributed by atoms with Crippen LogP contribution in [0, 0.1) is 5.82 Å². The summed E-state index contributed by atoms with van der Waals surface area (Å²) < 4.78 is 13.0. The Hall–Kier alpha value is -3.32. The molecule has 2 amide bonds. The number of aromatic nitrogens is 1. The van der Waals surface area contributed by atoms with Crippen LogP contribution in [0.3, 0.4) is 0 Å². The second-order valence-corrected chi connectivity index (χ2v) is 7.24. The third-order valence-corrected chi connectivity index (χ3v) is 4.98. The lowest BCUT2D eigenvalue weighted by atomic mass is 10.2. The van der Waals surface area contributed by atoms with Gasteiger partial charge in [-0.05, 0) is 35.9 Å². The van der Waals surface area contributed by atoms with Gasteiger partial charge in [-0.2, -0.15) is 0 Å². The molecule has 3 aromatic rings. The van der Waals surface area contributed by atoms with Gasteiger partial charge in [0.25, 0.3) is 0 Å². The van der Waals surface area contributed by atoms with Crippen LogP contribution in [0.2, 0.25) is 0 Å². The van der Waals surface area contributed by atoms with Crippen molar-refractivity contribution in [1.29, 1.82) is 0 Å². The van der Waals surface area contributed by atoms with Crippen molar-refractivity contribution in [2.24, 2.45) is 0 Å². The van der Waals surface area contributed by atoms with Crippen LogP contribution in [0.1, 0.15) is 18.2 Å². The molecule has 0 aliphatic carbocycles. The van der Waals surface area contributed by atoms with E-state index in [1.54, 1.807) is 30.6 Å². The lowest BCUT2D eigenvalue weighted by Crippen LogP contribution is -2.24. The number of benzene rings is 2. The molecule has 0 saturated carbocycles. The van der Waals surface area contributed by atoms with Crippen molar-refractivity contribution in [3.63, 3.8) is 0 Å². The number of carbonyl (C=O) groups excluding carboxylic acids is 2. The highest BCUT2D eigenvalue weighted by atomic mass is 32.1. The molecular formula is C22H20FN3O2S. The van der Waals surface area contributed by atoms with Crippen molar-refractivity contribution < 1.29 is 14.0 Å². The molecule has 0 aliphatic rings. The lowest BCUT2D eigenvalue weighted by molar-refractivity contribution is -0.125. The van der Waals surface area contributed by atoms with Gasteiger partial charge in [-0.1, -0.05) is 30.3 Å². The van der Waals surface area contributed by atoms with Gasteiger partial charge in [0.05, 0.1) is 11.4 Å². The Morgan fingerprint density at radius 2 is 1.79 bits per heavy atom. The van der Waals surface area contributed by atoms with Crippen molar-refractivity contribution in [2.75, 3.05) is 11.9 Å². The molecule has 0 spiro atoms. The van der Waals surface area contributed by atoms with Crippen LogP contribution < -0.4 is 4.90 Å². The normalized spacial score (nSPS) is 10.9. The summed E-state index contributed by atoms with van der Waals surface area (Å²) in [4.78, 5) is 31.9. The molecule has 0 N–H and O–H groups in total. The van der Waals surface area contributed by atoms with Gasteiger partial charge in [0, 0.05) is 32.0 Å². The number of hydrogen-bond acceptors (Lipinski definition) is 4. The number of likely N-dealkylation sites (N-methyl/N-ethyl adjacent to an activating group) is 1. The highest BCUT2D eigenvalue weighted by Crippen LogP contribution is 2.29. The van der Waals surface area contributed by atoms with E-state index in [4.69, 9.17) is 0 Å². The van der Waals surface area contributed by atoms with Crippen molar-refractivity contribution in [2.45, 2.75) is 13.5 Å². The minimum absolute atomic E-state index is 0.142. The van der Waals surface area contributed by atoms with Crippen molar-refractivity contribution >= 4 is 40.0 Å². The molecule has 148 valence electrons. The SMILES string of the molecule is CC(=O)N(c1ccccc1)c1nc(/C=C/C(=O)N(C)Cc2ccc(F)cc2)cs1. The van der Waals surface area contributed by atoms with E-state index < -0.39 is 0 Å². The van der Waals surface area contributed by atoms with E-state index in [2.05, 4.69) is 4.98 Å². The molecule has 2 aromatic carbocycles. The Labute approximate surface area is 172 Å². The molecule has 0 saturated heterocycles. The maximum absolute atomic E-state index is 13.0.